The third kappa shape index (κ3) is 2.59. The predicted molar refractivity (Wildman–Crippen MR) is 67.7 cm³/mol. The van der Waals surface area contributed by atoms with E-state index in [1.54, 1.807) is 13.8 Å². The number of aliphatic hydroxyl groups is 1. The molecule has 6 heteroatoms. The lowest BCUT2D eigenvalue weighted by atomic mass is 9.95. The molecule has 1 unspecified atom stereocenters. The van der Waals surface area contributed by atoms with E-state index in [-0.39, 0.29) is 5.69 Å². The van der Waals surface area contributed by atoms with Crippen molar-refractivity contribution >= 4 is 11.5 Å². The number of anilines is 1. The Hall–Kier alpha value is -1.69. The maximum atomic E-state index is 10.9. The molecule has 0 aromatic carbocycles. The van der Waals surface area contributed by atoms with Gasteiger partial charge in [-0.15, -0.1) is 0 Å². The highest BCUT2D eigenvalue weighted by Crippen LogP contribution is 2.27. The molecule has 98 valence electrons. The molecule has 6 nitrogen and oxygen atoms in total. The molecule has 1 aliphatic heterocycles. The monoisotopic (exact) mass is 251 g/mol. The second-order valence-corrected chi connectivity index (χ2v) is 5.11. The Morgan fingerprint density at radius 1 is 1.61 bits per heavy atom. The van der Waals surface area contributed by atoms with Crippen LogP contribution in [0.1, 0.15) is 25.3 Å². The van der Waals surface area contributed by atoms with Crippen LogP contribution < -0.4 is 4.90 Å². The molecule has 1 aliphatic rings. The van der Waals surface area contributed by atoms with Gasteiger partial charge in [0, 0.05) is 24.8 Å². The van der Waals surface area contributed by atoms with Crippen molar-refractivity contribution in [2.24, 2.45) is 0 Å². The first-order chi connectivity index (χ1) is 8.39. The molecule has 1 N–H and O–H groups in total. The second kappa shape index (κ2) is 4.53. The standard InChI is InChI=1S/C12H17N3O3/c1-9-7-13-11(6-10(9)15(17)18)14-5-3-4-12(2,16)8-14/h6-7,16H,3-5,8H2,1-2H3. The van der Waals surface area contributed by atoms with Gasteiger partial charge in [-0.3, -0.25) is 10.1 Å². The first-order valence-electron chi connectivity index (χ1n) is 5.97. The lowest BCUT2D eigenvalue weighted by Gasteiger charge is -2.37. The van der Waals surface area contributed by atoms with Crippen molar-refractivity contribution in [1.82, 2.24) is 4.98 Å². The van der Waals surface area contributed by atoms with E-state index in [1.165, 1.54) is 12.3 Å². The number of β-amino-alcohol motifs (C(OH)–C–C–N with tert-alkyl or cyclic N) is 1. The fourth-order valence-electron chi connectivity index (χ4n) is 2.29. The number of hydrogen-bond acceptors (Lipinski definition) is 5. The zero-order chi connectivity index (χ0) is 13.3. The number of nitrogens with zero attached hydrogens (tertiary/aromatic N) is 3. The Morgan fingerprint density at radius 3 is 2.94 bits per heavy atom. The van der Waals surface area contributed by atoms with Gasteiger partial charge in [-0.1, -0.05) is 0 Å². The van der Waals surface area contributed by atoms with Crippen LogP contribution in [0.25, 0.3) is 0 Å². The molecule has 1 aromatic heterocycles. The van der Waals surface area contributed by atoms with Crippen molar-refractivity contribution in [3.8, 4) is 0 Å². The molecule has 1 saturated heterocycles. The van der Waals surface area contributed by atoms with Crippen LogP contribution in [0.3, 0.4) is 0 Å². The molecule has 2 rings (SSSR count). The Kier molecular flexibility index (Phi) is 3.21. The summed E-state index contributed by atoms with van der Waals surface area (Å²) in [6.07, 6.45) is 3.12. The maximum Gasteiger partial charge on any atom is 0.277 e. The lowest BCUT2D eigenvalue weighted by molar-refractivity contribution is -0.385. The van der Waals surface area contributed by atoms with Crippen LogP contribution in [0.5, 0.6) is 0 Å². The zero-order valence-electron chi connectivity index (χ0n) is 10.6. The van der Waals surface area contributed by atoms with Gasteiger partial charge in [-0.25, -0.2) is 4.98 Å². The smallest absolute Gasteiger partial charge is 0.277 e. The van der Waals surface area contributed by atoms with Crippen LogP contribution >= 0.6 is 0 Å². The summed E-state index contributed by atoms with van der Waals surface area (Å²) in [5.74, 6) is 0.562. The normalized spacial score (nSPS) is 24.1. The van der Waals surface area contributed by atoms with E-state index in [1.807, 2.05) is 4.90 Å². The van der Waals surface area contributed by atoms with Gasteiger partial charge < -0.3 is 10.0 Å². The number of hydrogen-bond donors (Lipinski definition) is 1. The highest BCUT2D eigenvalue weighted by molar-refractivity contribution is 5.51. The van der Waals surface area contributed by atoms with Crippen molar-refractivity contribution in [3.63, 3.8) is 0 Å². The summed E-state index contributed by atoms with van der Waals surface area (Å²) in [7, 11) is 0. The van der Waals surface area contributed by atoms with Crippen LogP contribution in [0.4, 0.5) is 11.5 Å². The molecule has 0 spiro atoms. The van der Waals surface area contributed by atoms with Gasteiger partial charge in [0.2, 0.25) is 0 Å². The van der Waals surface area contributed by atoms with Gasteiger partial charge in [0.15, 0.2) is 0 Å². The van der Waals surface area contributed by atoms with Crippen molar-refractivity contribution in [1.29, 1.82) is 0 Å². The van der Waals surface area contributed by atoms with Crippen molar-refractivity contribution in [3.05, 3.63) is 27.9 Å². The quantitative estimate of drug-likeness (QED) is 0.638. The topological polar surface area (TPSA) is 79.5 Å². The molecule has 2 heterocycles. The Labute approximate surface area is 105 Å². The molecule has 1 fully saturated rings. The van der Waals surface area contributed by atoms with E-state index in [0.717, 1.165) is 19.4 Å². The van der Waals surface area contributed by atoms with Gasteiger partial charge in [-0.2, -0.15) is 0 Å². The fraction of sp³-hybridized carbons (Fsp3) is 0.583. The van der Waals surface area contributed by atoms with Crippen LogP contribution in [0.15, 0.2) is 12.3 Å². The van der Waals surface area contributed by atoms with Crippen LogP contribution in [-0.2, 0) is 0 Å². The molecule has 0 radical (unpaired) electrons. The highest BCUT2D eigenvalue weighted by Gasteiger charge is 2.29. The summed E-state index contributed by atoms with van der Waals surface area (Å²) >= 11 is 0. The first kappa shape index (κ1) is 12.8. The summed E-state index contributed by atoms with van der Waals surface area (Å²) < 4.78 is 0. The molecule has 0 aliphatic carbocycles. The minimum atomic E-state index is -0.750. The van der Waals surface area contributed by atoms with Crippen LogP contribution in [-0.4, -0.2) is 33.7 Å². The van der Waals surface area contributed by atoms with Crippen molar-refractivity contribution in [2.45, 2.75) is 32.3 Å². The fourth-order valence-corrected chi connectivity index (χ4v) is 2.29. The number of piperidine rings is 1. The lowest BCUT2D eigenvalue weighted by Crippen LogP contribution is -2.46. The number of rotatable bonds is 2. The molecular weight excluding hydrogens is 234 g/mol. The molecule has 18 heavy (non-hydrogen) atoms. The summed E-state index contributed by atoms with van der Waals surface area (Å²) in [6, 6.07) is 1.48. The van der Waals surface area contributed by atoms with Crippen LogP contribution in [0, 0.1) is 17.0 Å². The molecule has 1 aromatic rings. The average Bonchev–Trinajstić information content (AvgIpc) is 2.27. The summed E-state index contributed by atoms with van der Waals surface area (Å²) in [5.41, 5.74) is -0.127. The largest absolute Gasteiger partial charge is 0.388 e. The molecule has 1 atom stereocenters. The Bertz CT molecular complexity index is 474. The van der Waals surface area contributed by atoms with E-state index in [4.69, 9.17) is 0 Å². The summed E-state index contributed by atoms with van der Waals surface area (Å²) in [5, 5.41) is 20.9. The number of aromatic nitrogens is 1. The average molecular weight is 251 g/mol. The zero-order valence-corrected chi connectivity index (χ0v) is 10.6. The summed E-state index contributed by atoms with van der Waals surface area (Å²) in [6.45, 7) is 4.67. The predicted octanol–water partition coefficient (Wildman–Crippen LogP) is 1.65. The van der Waals surface area contributed by atoms with Crippen molar-refractivity contribution in [2.75, 3.05) is 18.0 Å². The number of nitro groups is 1. The maximum absolute atomic E-state index is 10.9. The molecule has 0 saturated carbocycles. The van der Waals surface area contributed by atoms with Crippen LogP contribution in [0.2, 0.25) is 0 Å². The van der Waals surface area contributed by atoms with Gasteiger partial charge in [0.25, 0.3) is 5.69 Å². The third-order valence-electron chi connectivity index (χ3n) is 3.26. The summed E-state index contributed by atoms with van der Waals surface area (Å²) in [4.78, 5) is 16.6. The van der Waals surface area contributed by atoms with Gasteiger partial charge in [0.1, 0.15) is 5.82 Å². The van der Waals surface area contributed by atoms with E-state index >= 15 is 0 Å². The Balaban J connectivity index is 2.28. The first-order valence-corrected chi connectivity index (χ1v) is 5.97. The van der Waals surface area contributed by atoms with Gasteiger partial charge >= 0.3 is 0 Å². The molecule has 0 amide bonds. The highest BCUT2D eigenvalue weighted by atomic mass is 16.6. The molecular formula is C12H17N3O3. The minimum Gasteiger partial charge on any atom is -0.388 e. The molecule has 0 bridgehead atoms. The Morgan fingerprint density at radius 2 is 2.33 bits per heavy atom. The van der Waals surface area contributed by atoms with Crippen molar-refractivity contribution < 1.29 is 10.0 Å². The third-order valence-corrected chi connectivity index (χ3v) is 3.26. The van der Waals surface area contributed by atoms with E-state index in [2.05, 4.69) is 4.98 Å². The van der Waals surface area contributed by atoms with Gasteiger partial charge in [-0.05, 0) is 26.7 Å². The minimum absolute atomic E-state index is 0.0743. The number of aryl methyl sites for hydroxylation is 1. The second-order valence-electron chi connectivity index (χ2n) is 5.11. The SMILES string of the molecule is Cc1cnc(N2CCCC(C)(O)C2)cc1[N+](=O)[O-]. The van der Waals surface area contributed by atoms with E-state index < -0.39 is 10.5 Å². The van der Waals surface area contributed by atoms with E-state index in [0.29, 0.717) is 17.9 Å². The number of pyridine rings is 1. The van der Waals surface area contributed by atoms with E-state index in [9.17, 15) is 15.2 Å². The van der Waals surface area contributed by atoms with Gasteiger partial charge in [0.05, 0.1) is 16.6 Å².